The lowest BCUT2D eigenvalue weighted by Crippen LogP contribution is -2.35. The van der Waals surface area contributed by atoms with Gasteiger partial charge in [-0.25, -0.2) is 0 Å². The van der Waals surface area contributed by atoms with Gasteiger partial charge in [0, 0.05) is 12.1 Å². The maximum absolute atomic E-state index is 11.6. The standard InChI is InChI=1S/C15H18ClNO3/c1-10(18)12-5-6-14(13(16)7-12)20-9-15(19)17-8-11-3-2-4-11/h5-7,11H,2-4,8-9H2,1H3,(H,17,19). The van der Waals surface area contributed by atoms with E-state index in [0.717, 1.165) is 6.54 Å². The number of nitrogens with one attached hydrogen (secondary N) is 1. The van der Waals surface area contributed by atoms with Crippen molar-refractivity contribution in [3.05, 3.63) is 28.8 Å². The van der Waals surface area contributed by atoms with Gasteiger partial charge in [0.05, 0.1) is 5.02 Å². The molecule has 0 bridgehead atoms. The molecular weight excluding hydrogens is 278 g/mol. The van der Waals surface area contributed by atoms with Gasteiger partial charge in [0.2, 0.25) is 0 Å². The maximum atomic E-state index is 11.6. The summed E-state index contributed by atoms with van der Waals surface area (Å²) in [5, 5.41) is 3.18. The second-order valence-electron chi connectivity index (χ2n) is 5.09. The third-order valence-electron chi connectivity index (χ3n) is 3.51. The number of carbonyl (C=O) groups excluding carboxylic acids is 2. The molecule has 1 N–H and O–H groups in total. The summed E-state index contributed by atoms with van der Waals surface area (Å²) in [4.78, 5) is 22.8. The van der Waals surface area contributed by atoms with E-state index in [0.29, 0.717) is 22.3 Å². The van der Waals surface area contributed by atoms with Crippen LogP contribution in [-0.2, 0) is 4.79 Å². The van der Waals surface area contributed by atoms with Crippen LogP contribution in [0.25, 0.3) is 0 Å². The molecule has 1 fully saturated rings. The second kappa shape index (κ2) is 6.75. The molecule has 1 saturated carbocycles. The summed E-state index contributed by atoms with van der Waals surface area (Å²) < 4.78 is 5.36. The van der Waals surface area contributed by atoms with E-state index in [1.54, 1.807) is 18.2 Å². The molecule has 0 saturated heterocycles. The molecule has 0 aromatic heterocycles. The minimum Gasteiger partial charge on any atom is -0.482 e. The first-order chi connectivity index (χ1) is 9.56. The van der Waals surface area contributed by atoms with Crippen molar-refractivity contribution in [3.8, 4) is 5.75 Å². The largest absolute Gasteiger partial charge is 0.482 e. The van der Waals surface area contributed by atoms with Crippen molar-refractivity contribution in [1.29, 1.82) is 0 Å². The zero-order valence-electron chi connectivity index (χ0n) is 11.4. The van der Waals surface area contributed by atoms with Gasteiger partial charge in [-0.2, -0.15) is 0 Å². The van der Waals surface area contributed by atoms with E-state index in [1.807, 2.05) is 0 Å². The molecule has 1 aliphatic rings. The Morgan fingerprint density at radius 1 is 1.40 bits per heavy atom. The lowest BCUT2D eigenvalue weighted by molar-refractivity contribution is -0.123. The fourth-order valence-electron chi connectivity index (χ4n) is 1.99. The summed E-state index contributed by atoms with van der Waals surface area (Å²) in [6, 6.07) is 4.79. The van der Waals surface area contributed by atoms with Gasteiger partial charge in [0.25, 0.3) is 5.91 Å². The normalized spacial score (nSPS) is 14.5. The van der Waals surface area contributed by atoms with Crippen LogP contribution in [0.1, 0.15) is 36.5 Å². The monoisotopic (exact) mass is 295 g/mol. The Labute approximate surface area is 123 Å². The van der Waals surface area contributed by atoms with Gasteiger partial charge in [-0.1, -0.05) is 18.0 Å². The molecule has 0 heterocycles. The van der Waals surface area contributed by atoms with Crippen LogP contribution >= 0.6 is 11.6 Å². The molecular formula is C15H18ClNO3. The third-order valence-corrected chi connectivity index (χ3v) is 3.81. The smallest absolute Gasteiger partial charge is 0.257 e. The molecule has 0 radical (unpaired) electrons. The first-order valence-corrected chi connectivity index (χ1v) is 7.14. The van der Waals surface area contributed by atoms with E-state index in [4.69, 9.17) is 16.3 Å². The molecule has 5 heteroatoms. The SMILES string of the molecule is CC(=O)c1ccc(OCC(=O)NCC2CCC2)c(Cl)c1. The van der Waals surface area contributed by atoms with Crippen molar-refractivity contribution in [3.63, 3.8) is 0 Å². The summed E-state index contributed by atoms with van der Waals surface area (Å²) in [6.45, 7) is 2.13. The number of benzene rings is 1. The highest BCUT2D eigenvalue weighted by molar-refractivity contribution is 6.32. The van der Waals surface area contributed by atoms with Crippen molar-refractivity contribution in [2.75, 3.05) is 13.2 Å². The average molecular weight is 296 g/mol. The molecule has 0 atom stereocenters. The Bertz CT molecular complexity index is 512. The summed E-state index contributed by atoms with van der Waals surface area (Å²) in [6.07, 6.45) is 3.65. The van der Waals surface area contributed by atoms with Gasteiger partial charge in [-0.05, 0) is 43.9 Å². The number of rotatable bonds is 6. The molecule has 108 valence electrons. The molecule has 1 aromatic carbocycles. The van der Waals surface area contributed by atoms with Crippen LogP contribution < -0.4 is 10.1 Å². The number of amides is 1. The molecule has 4 nitrogen and oxygen atoms in total. The van der Waals surface area contributed by atoms with Gasteiger partial charge in [-0.15, -0.1) is 0 Å². The zero-order valence-corrected chi connectivity index (χ0v) is 12.2. The highest BCUT2D eigenvalue weighted by Crippen LogP contribution is 2.26. The Balaban J connectivity index is 1.80. The lowest BCUT2D eigenvalue weighted by Gasteiger charge is -2.25. The molecule has 1 aliphatic carbocycles. The molecule has 1 amide bonds. The molecule has 0 aliphatic heterocycles. The zero-order chi connectivity index (χ0) is 14.5. The van der Waals surface area contributed by atoms with E-state index in [2.05, 4.69) is 5.32 Å². The van der Waals surface area contributed by atoms with Crippen molar-refractivity contribution in [2.45, 2.75) is 26.2 Å². The highest BCUT2D eigenvalue weighted by atomic mass is 35.5. The fraction of sp³-hybridized carbons (Fsp3) is 0.467. The van der Waals surface area contributed by atoms with Crippen LogP contribution in [0, 0.1) is 5.92 Å². The number of carbonyl (C=O) groups is 2. The van der Waals surface area contributed by atoms with Crippen LogP contribution in [0.2, 0.25) is 5.02 Å². The van der Waals surface area contributed by atoms with E-state index < -0.39 is 0 Å². The van der Waals surface area contributed by atoms with Crippen molar-refractivity contribution in [1.82, 2.24) is 5.32 Å². The number of ketones is 1. The first-order valence-electron chi connectivity index (χ1n) is 6.76. The molecule has 0 unspecified atom stereocenters. The Kier molecular flexibility index (Phi) is 5.01. The quantitative estimate of drug-likeness (QED) is 0.821. The number of hydrogen-bond acceptors (Lipinski definition) is 3. The van der Waals surface area contributed by atoms with Crippen LogP contribution in [0.15, 0.2) is 18.2 Å². The van der Waals surface area contributed by atoms with Crippen LogP contribution in [-0.4, -0.2) is 24.8 Å². The Morgan fingerprint density at radius 3 is 2.70 bits per heavy atom. The van der Waals surface area contributed by atoms with Gasteiger partial charge < -0.3 is 10.1 Å². The molecule has 0 spiro atoms. The summed E-state index contributed by atoms with van der Waals surface area (Å²) in [5.74, 6) is 0.827. The topological polar surface area (TPSA) is 55.4 Å². The predicted octanol–water partition coefficient (Wildman–Crippen LogP) is 2.84. The van der Waals surface area contributed by atoms with Crippen LogP contribution in [0.4, 0.5) is 0 Å². The Morgan fingerprint density at radius 2 is 2.15 bits per heavy atom. The van der Waals surface area contributed by atoms with Gasteiger partial charge in [-0.3, -0.25) is 9.59 Å². The maximum Gasteiger partial charge on any atom is 0.257 e. The van der Waals surface area contributed by atoms with Crippen LogP contribution in [0.3, 0.4) is 0 Å². The van der Waals surface area contributed by atoms with E-state index in [1.165, 1.54) is 26.2 Å². The Hall–Kier alpha value is -1.55. The number of hydrogen-bond donors (Lipinski definition) is 1. The van der Waals surface area contributed by atoms with Crippen molar-refractivity contribution < 1.29 is 14.3 Å². The van der Waals surface area contributed by atoms with Gasteiger partial charge in [0.15, 0.2) is 12.4 Å². The minimum absolute atomic E-state index is 0.0586. The summed E-state index contributed by atoms with van der Waals surface area (Å²) in [7, 11) is 0. The fourth-order valence-corrected chi connectivity index (χ4v) is 2.22. The molecule has 20 heavy (non-hydrogen) atoms. The van der Waals surface area contributed by atoms with Crippen molar-refractivity contribution >= 4 is 23.3 Å². The predicted molar refractivity (Wildman–Crippen MR) is 77.3 cm³/mol. The second-order valence-corrected chi connectivity index (χ2v) is 5.50. The average Bonchev–Trinajstić information content (AvgIpc) is 2.35. The number of halogens is 1. The number of Topliss-reactive ketones (excluding diaryl/α,β-unsaturated/α-hetero) is 1. The van der Waals surface area contributed by atoms with Gasteiger partial charge >= 0.3 is 0 Å². The van der Waals surface area contributed by atoms with E-state index in [9.17, 15) is 9.59 Å². The van der Waals surface area contributed by atoms with E-state index >= 15 is 0 Å². The lowest BCUT2D eigenvalue weighted by atomic mass is 9.85. The summed E-state index contributed by atoms with van der Waals surface area (Å²) in [5.41, 5.74) is 0.525. The molecule has 2 rings (SSSR count). The minimum atomic E-state index is -0.149. The summed E-state index contributed by atoms with van der Waals surface area (Å²) >= 11 is 6.01. The van der Waals surface area contributed by atoms with E-state index in [-0.39, 0.29) is 18.3 Å². The van der Waals surface area contributed by atoms with Crippen molar-refractivity contribution in [2.24, 2.45) is 5.92 Å². The molecule has 1 aromatic rings. The van der Waals surface area contributed by atoms with Gasteiger partial charge in [0.1, 0.15) is 5.75 Å². The third kappa shape index (κ3) is 3.97. The number of ether oxygens (including phenoxy) is 1. The first kappa shape index (κ1) is 14.9. The highest BCUT2D eigenvalue weighted by Gasteiger charge is 2.18. The van der Waals surface area contributed by atoms with Crippen LogP contribution in [0.5, 0.6) is 5.75 Å².